The van der Waals surface area contributed by atoms with Gasteiger partial charge in [-0.05, 0) is 44.9 Å². The first kappa shape index (κ1) is 67.7. The third-order valence-electron chi connectivity index (χ3n) is 15.0. The molecule has 1 heterocycles. The van der Waals surface area contributed by atoms with Crippen LogP contribution in [0.4, 0.5) is 0 Å². The van der Waals surface area contributed by atoms with E-state index >= 15 is 0 Å². The number of hydrogen-bond acceptors (Lipinski definition) is 8. The second-order valence-corrected chi connectivity index (χ2v) is 21.9. The molecule has 1 fully saturated rings. The molecule has 0 bridgehead atoms. The van der Waals surface area contributed by atoms with Gasteiger partial charge in [-0.2, -0.15) is 0 Å². The zero-order valence-corrected chi connectivity index (χ0v) is 46.8. The second-order valence-electron chi connectivity index (χ2n) is 21.9. The van der Waals surface area contributed by atoms with Gasteiger partial charge in [0.25, 0.3) is 0 Å². The average Bonchev–Trinajstić information content (AvgIpc) is 3.37. The van der Waals surface area contributed by atoms with E-state index in [1.54, 1.807) is 6.08 Å². The molecule has 1 aliphatic rings. The van der Waals surface area contributed by atoms with Crippen molar-refractivity contribution >= 4 is 5.91 Å². The van der Waals surface area contributed by atoms with Gasteiger partial charge >= 0.3 is 0 Å². The smallest absolute Gasteiger partial charge is 0.220 e. The van der Waals surface area contributed by atoms with Crippen LogP contribution in [0.5, 0.6) is 0 Å². The number of hydrogen-bond donors (Lipinski definition) is 6. The van der Waals surface area contributed by atoms with Crippen LogP contribution in [0.1, 0.15) is 309 Å². The third-order valence-corrected chi connectivity index (χ3v) is 15.0. The van der Waals surface area contributed by atoms with Crippen LogP contribution in [0.2, 0.25) is 0 Å². The highest BCUT2D eigenvalue weighted by molar-refractivity contribution is 5.76. The number of carbonyl (C=O) groups is 1. The molecule has 0 radical (unpaired) electrons. The van der Waals surface area contributed by atoms with Crippen LogP contribution in [0.15, 0.2) is 24.3 Å². The van der Waals surface area contributed by atoms with Crippen LogP contribution in [0.25, 0.3) is 0 Å². The van der Waals surface area contributed by atoms with E-state index in [2.05, 4.69) is 31.3 Å². The van der Waals surface area contributed by atoms with E-state index in [9.17, 15) is 30.3 Å². The van der Waals surface area contributed by atoms with E-state index in [1.807, 2.05) is 6.08 Å². The number of allylic oxidation sites excluding steroid dienone is 3. The van der Waals surface area contributed by atoms with Gasteiger partial charge in [-0.15, -0.1) is 0 Å². The Bertz CT molecular complexity index is 1170. The number of aliphatic hydroxyl groups excluding tert-OH is 5. The number of unbranched alkanes of at least 4 members (excludes halogenated alkanes) is 42. The second kappa shape index (κ2) is 52.1. The minimum Gasteiger partial charge on any atom is -0.394 e. The predicted molar refractivity (Wildman–Crippen MR) is 300 cm³/mol. The van der Waals surface area contributed by atoms with E-state index < -0.39 is 49.5 Å². The molecule has 0 aromatic heterocycles. The lowest BCUT2D eigenvalue weighted by molar-refractivity contribution is -0.302. The lowest BCUT2D eigenvalue weighted by Crippen LogP contribution is -2.60. The minimum absolute atomic E-state index is 0.171. The minimum atomic E-state index is -1.56. The highest BCUT2D eigenvalue weighted by Crippen LogP contribution is 2.23. The Balaban J connectivity index is 2.16. The quantitative estimate of drug-likeness (QED) is 0.0261. The first-order valence-corrected chi connectivity index (χ1v) is 31.1. The molecule has 0 spiro atoms. The normalized spacial score (nSPS) is 19.3. The number of ether oxygens (including phenoxy) is 2. The largest absolute Gasteiger partial charge is 0.394 e. The summed E-state index contributed by atoms with van der Waals surface area (Å²) in [6.45, 7) is 3.82. The maximum absolute atomic E-state index is 13.1. The van der Waals surface area contributed by atoms with E-state index in [0.29, 0.717) is 6.42 Å². The molecule has 420 valence electrons. The molecule has 1 aliphatic heterocycles. The maximum Gasteiger partial charge on any atom is 0.220 e. The van der Waals surface area contributed by atoms with Gasteiger partial charge < -0.3 is 40.3 Å². The molecule has 9 nitrogen and oxygen atoms in total. The number of rotatable bonds is 54. The summed E-state index contributed by atoms with van der Waals surface area (Å²) in [4.78, 5) is 13.1. The van der Waals surface area contributed by atoms with E-state index in [4.69, 9.17) is 9.47 Å². The molecule has 7 unspecified atom stereocenters. The Morgan fingerprint density at radius 2 is 0.789 bits per heavy atom. The van der Waals surface area contributed by atoms with Crippen molar-refractivity contribution < 1.29 is 39.8 Å². The van der Waals surface area contributed by atoms with Gasteiger partial charge in [0, 0.05) is 6.42 Å². The summed E-state index contributed by atoms with van der Waals surface area (Å²) in [5.74, 6) is -0.171. The maximum atomic E-state index is 13.1. The first-order chi connectivity index (χ1) is 34.8. The van der Waals surface area contributed by atoms with E-state index in [-0.39, 0.29) is 12.5 Å². The number of amides is 1. The lowest BCUT2D eigenvalue weighted by Gasteiger charge is -2.40. The molecular formula is C62H119NO8. The number of nitrogens with one attached hydrogen (secondary N) is 1. The van der Waals surface area contributed by atoms with Crippen molar-refractivity contribution in [2.45, 2.75) is 352 Å². The fraction of sp³-hybridized carbons (Fsp3) is 0.919. The topological polar surface area (TPSA) is 149 Å². The van der Waals surface area contributed by atoms with Crippen molar-refractivity contribution in [3.63, 3.8) is 0 Å². The van der Waals surface area contributed by atoms with Crippen molar-refractivity contribution in [3.8, 4) is 0 Å². The van der Waals surface area contributed by atoms with Crippen molar-refractivity contribution in [2.24, 2.45) is 0 Å². The molecule has 6 N–H and O–H groups in total. The molecule has 0 aromatic rings. The highest BCUT2D eigenvalue weighted by Gasteiger charge is 2.44. The molecule has 7 atom stereocenters. The van der Waals surface area contributed by atoms with Crippen molar-refractivity contribution in [1.29, 1.82) is 0 Å². The van der Waals surface area contributed by atoms with Gasteiger partial charge in [-0.1, -0.05) is 282 Å². The van der Waals surface area contributed by atoms with Gasteiger partial charge in [0.1, 0.15) is 24.4 Å². The zero-order valence-electron chi connectivity index (χ0n) is 46.8. The summed E-state index contributed by atoms with van der Waals surface area (Å²) in [6, 6.07) is -0.802. The Hall–Kier alpha value is -1.33. The van der Waals surface area contributed by atoms with E-state index in [1.165, 1.54) is 250 Å². The Morgan fingerprint density at radius 1 is 0.465 bits per heavy atom. The van der Waals surface area contributed by atoms with Crippen molar-refractivity contribution in [3.05, 3.63) is 24.3 Å². The summed E-state index contributed by atoms with van der Waals surface area (Å²) >= 11 is 0. The van der Waals surface area contributed by atoms with Gasteiger partial charge in [-0.3, -0.25) is 4.79 Å². The molecule has 0 aromatic carbocycles. The fourth-order valence-electron chi connectivity index (χ4n) is 10.1. The summed E-state index contributed by atoms with van der Waals surface area (Å²) in [6.07, 6.45) is 59.7. The van der Waals surface area contributed by atoms with Gasteiger partial charge in [0.2, 0.25) is 5.91 Å². The zero-order chi connectivity index (χ0) is 51.5. The summed E-state index contributed by atoms with van der Waals surface area (Å²) in [5.41, 5.74) is 0. The monoisotopic (exact) mass is 1010 g/mol. The predicted octanol–water partition coefficient (Wildman–Crippen LogP) is 15.7. The highest BCUT2D eigenvalue weighted by atomic mass is 16.7. The Kier molecular flexibility index (Phi) is 49.7. The first-order valence-electron chi connectivity index (χ1n) is 31.1. The standard InChI is InChI=1S/C62H119NO8/c1-3-5-7-9-11-13-15-17-19-21-23-24-25-26-27-28-29-30-31-32-34-36-38-40-42-44-46-48-50-52-58(66)63-55(54-70-62-61(69)60(68)59(67)57(53-64)71-62)56(65)51-49-47-45-43-41-39-37-35-33-22-20-18-16-14-12-10-8-6-4-2/h21,23,49,51,55-57,59-62,64-65,67-69H,3-20,22,24-48,50,52-54H2,1-2H3,(H,63,66)/b23-21-,51-49+. The van der Waals surface area contributed by atoms with Crippen LogP contribution in [-0.2, 0) is 14.3 Å². The van der Waals surface area contributed by atoms with Crippen molar-refractivity contribution in [2.75, 3.05) is 13.2 Å². The van der Waals surface area contributed by atoms with Gasteiger partial charge in [-0.25, -0.2) is 0 Å². The SMILES string of the molecule is CCCCCCCCCC/C=C\CCCCCCCCCCCCCCCCCCCC(=O)NC(COC1OC(CO)C(O)C(O)C1O)C(O)/C=C/CCCCCCCCCCCCCCCCCCC. The Morgan fingerprint density at radius 3 is 1.14 bits per heavy atom. The third kappa shape index (κ3) is 41.6. The molecule has 1 rings (SSSR count). The van der Waals surface area contributed by atoms with Gasteiger partial charge in [0.05, 0.1) is 25.4 Å². The summed E-state index contributed by atoms with van der Waals surface area (Å²) in [5, 5.41) is 54.6. The van der Waals surface area contributed by atoms with E-state index in [0.717, 1.165) is 38.5 Å². The molecule has 1 amide bonds. The van der Waals surface area contributed by atoms with Crippen LogP contribution in [0.3, 0.4) is 0 Å². The molecule has 9 heteroatoms. The van der Waals surface area contributed by atoms with Crippen LogP contribution in [-0.4, -0.2) is 87.5 Å². The molecule has 0 aliphatic carbocycles. The fourth-order valence-corrected chi connectivity index (χ4v) is 10.1. The van der Waals surface area contributed by atoms with Crippen LogP contribution in [0, 0.1) is 0 Å². The summed E-state index contributed by atoms with van der Waals surface area (Å²) in [7, 11) is 0. The van der Waals surface area contributed by atoms with Crippen molar-refractivity contribution in [1.82, 2.24) is 5.32 Å². The molecule has 0 saturated carbocycles. The van der Waals surface area contributed by atoms with Crippen LogP contribution >= 0.6 is 0 Å². The number of aliphatic hydroxyl groups is 5. The average molecular weight is 1010 g/mol. The van der Waals surface area contributed by atoms with Gasteiger partial charge in [0.15, 0.2) is 6.29 Å². The molecular weight excluding hydrogens is 887 g/mol. The Labute approximate surface area is 439 Å². The number of carbonyl (C=O) groups excluding carboxylic acids is 1. The van der Waals surface area contributed by atoms with Crippen LogP contribution < -0.4 is 5.32 Å². The lowest BCUT2D eigenvalue weighted by atomic mass is 9.99. The summed E-state index contributed by atoms with van der Waals surface area (Å²) < 4.78 is 11.3. The molecule has 1 saturated heterocycles. The molecule has 71 heavy (non-hydrogen) atoms.